The first-order chi connectivity index (χ1) is 19.9. The maximum Gasteiger partial charge on any atom is 0.353 e. The number of aliphatic hydroxyl groups is 1. The first-order valence-electron chi connectivity index (χ1n) is 13.7. The van der Waals surface area contributed by atoms with Crippen LogP contribution in [0.15, 0.2) is 65.6 Å². The summed E-state index contributed by atoms with van der Waals surface area (Å²) in [5, 5.41) is 18.0. The van der Waals surface area contributed by atoms with E-state index in [2.05, 4.69) is 20.6 Å². The van der Waals surface area contributed by atoms with E-state index in [1.807, 2.05) is 61.5 Å². The number of pyridine rings is 1. The van der Waals surface area contributed by atoms with E-state index in [0.717, 1.165) is 36.0 Å². The first kappa shape index (κ1) is 32.3. The van der Waals surface area contributed by atoms with Crippen LogP contribution in [-0.2, 0) is 4.79 Å². The fraction of sp³-hybridized carbons (Fsp3) is 0.290. The summed E-state index contributed by atoms with van der Waals surface area (Å²) in [5.41, 5.74) is 2.26. The van der Waals surface area contributed by atoms with E-state index in [-0.39, 0.29) is 57.2 Å². The van der Waals surface area contributed by atoms with Crippen molar-refractivity contribution in [2.75, 3.05) is 13.6 Å². The number of likely N-dealkylation sites (N-methyl/N-ethyl adjacent to an activating group) is 1. The number of para-hydroxylation sites is 1. The van der Waals surface area contributed by atoms with Gasteiger partial charge in [0, 0.05) is 18.7 Å². The molecule has 5 aromatic rings. The van der Waals surface area contributed by atoms with Crippen LogP contribution < -0.4 is 25.6 Å². The van der Waals surface area contributed by atoms with Gasteiger partial charge in [0.05, 0.1) is 27.7 Å². The second-order valence-electron chi connectivity index (χ2n) is 10.4. The lowest BCUT2D eigenvalue weighted by atomic mass is 9.98. The van der Waals surface area contributed by atoms with Crippen molar-refractivity contribution >= 4 is 71.2 Å². The zero-order valence-corrected chi connectivity index (χ0v) is 26.7. The summed E-state index contributed by atoms with van der Waals surface area (Å²) >= 11 is 1.34. The van der Waals surface area contributed by atoms with Crippen LogP contribution in [-0.4, -0.2) is 45.2 Å². The summed E-state index contributed by atoms with van der Waals surface area (Å²) in [6, 6.07) is 16.9. The molecule has 2 atom stereocenters. The van der Waals surface area contributed by atoms with Gasteiger partial charge in [-0.15, -0.1) is 11.3 Å². The molecule has 3 N–H and O–H groups in total. The summed E-state index contributed by atoms with van der Waals surface area (Å²) in [7, 11) is 1.74. The predicted octanol–water partition coefficient (Wildman–Crippen LogP) is 4.60. The van der Waals surface area contributed by atoms with E-state index in [4.69, 9.17) is 4.74 Å². The number of rotatable bonds is 8. The van der Waals surface area contributed by atoms with Gasteiger partial charge in [-0.2, -0.15) is 32.0 Å². The van der Waals surface area contributed by atoms with E-state index < -0.39 is 5.69 Å². The Hall–Kier alpha value is -3.58. The average molecular weight is 638 g/mol. The highest BCUT2D eigenvalue weighted by Gasteiger charge is 2.30. The van der Waals surface area contributed by atoms with Crippen molar-refractivity contribution in [2.24, 2.45) is 5.92 Å². The number of nitrogens with zero attached hydrogens (tertiary/aromatic N) is 3. The molecule has 0 bridgehead atoms. The fourth-order valence-corrected chi connectivity index (χ4v) is 6.81. The summed E-state index contributed by atoms with van der Waals surface area (Å²) in [4.78, 5) is 35.4. The van der Waals surface area contributed by atoms with Crippen molar-refractivity contribution in [2.45, 2.75) is 38.6 Å². The number of benzene rings is 2. The zero-order valence-electron chi connectivity index (χ0n) is 23.9. The van der Waals surface area contributed by atoms with Crippen LogP contribution in [0.5, 0.6) is 11.5 Å². The second kappa shape index (κ2) is 13.8. The molecule has 9 nitrogen and oxygen atoms in total. The summed E-state index contributed by atoms with van der Waals surface area (Å²) < 4.78 is 8.13. The SMILES string of the molecule is CNCC(=O)N[C@H]1CCC[C@@H]1CC(O)=c1sc2nccc3c2c1nc(=O)n3-c1ccc(Oc2ccccc2)cc1C.S.S. The molecule has 12 heteroatoms. The minimum atomic E-state index is -0.435. The Labute approximate surface area is 266 Å². The van der Waals surface area contributed by atoms with Crippen molar-refractivity contribution in [1.29, 1.82) is 0 Å². The van der Waals surface area contributed by atoms with Gasteiger partial charge >= 0.3 is 5.69 Å². The van der Waals surface area contributed by atoms with Crippen LogP contribution in [0.25, 0.3) is 32.7 Å². The lowest BCUT2D eigenvalue weighted by Crippen LogP contribution is -2.41. The van der Waals surface area contributed by atoms with E-state index >= 15 is 0 Å². The normalized spacial score (nSPS) is 16.9. The average Bonchev–Trinajstić information content (AvgIpc) is 3.55. The van der Waals surface area contributed by atoms with Gasteiger partial charge in [0.2, 0.25) is 5.91 Å². The monoisotopic (exact) mass is 637 g/mol. The smallest absolute Gasteiger partial charge is 0.353 e. The molecule has 3 aromatic heterocycles. The number of hydrogen-bond donors (Lipinski definition) is 3. The highest BCUT2D eigenvalue weighted by atomic mass is 32.1. The molecule has 1 fully saturated rings. The minimum Gasteiger partial charge on any atom is -0.511 e. The predicted molar refractivity (Wildman–Crippen MR) is 182 cm³/mol. The van der Waals surface area contributed by atoms with Crippen molar-refractivity contribution < 1.29 is 14.6 Å². The van der Waals surface area contributed by atoms with Gasteiger partial charge in [0.25, 0.3) is 0 Å². The molecule has 0 unspecified atom stereocenters. The quantitative estimate of drug-likeness (QED) is 0.228. The van der Waals surface area contributed by atoms with Crippen LogP contribution >= 0.6 is 38.3 Å². The maximum atomic E-state index is 13.5. The van der Waals surface area contributed by atoms with Crippen LogP contribution in [0.4, 0.5) is 0 Å². The summed E-state index contributed by atoms with van der Waals surface area (Å²) in [5.74, 6) is 1.64. The molecule has 0 saturated heterocycles. The van der Waals surface area contributed by atoms with Crippen molar-refractivity contribution in [3.8, 4) is 17.2 Å². The summed E-state index contributed by atoms with van der Waals surface area (Å²) in [6.07, 6.45) is 4.85. The Morgan fingerprint density at radius 1 is 1.12 bits per heavy atom. The molecule has 2 aromatic carbocycles. The van der Waals surface area contributed by atoms with Gasteiger partial charge in [-0.3, -0.25) is 9.36 Å². The van der Waals surface area contributed by atoms with Crippen molar-refractivity contribution in [3.63, 3.8) is 0 Å². The minimum absolute atomic E-state index is 0. The molecule has 6 rings (SSSR count). The third kappa shape index (κ3) is 6.52. The van der Waals surface area contributed by atoms with Gasteiger partial charge in [-0.1, -0.05) is 24.6 Å². The number of ether oxygens (including phenoxy) is 1. The molecule has 1 aliphatic rings. The number of carbonyl (C=O) groups is 1. The van der Waals surface area contributed by atoms with Gasteiger partial charge in [0.1, 0.15) is 27.6 Å². The number of amides is 1. The first-order valence-corrected chi connectivity index (χ1v) is 14.5. The number of aromatic nitrogens is 3. The highest BCUT2D eigenvalue weighted by molar-refractivity contribution is 7.59. The number of nitrogens with one attached hydrogen (secondary N) is 2. The van der Waals surface area contributed by atoms with Crippen molar-refractivity contribution in [1.82, 2.24) is 25.2 Å². The number of thiophene rings is 1. The van der Waals surface area contributed by atoms with E-state index in [9.17, 15) is 14.7 Å². The number of carbonyl (C=O) groups excluding carboxylic acids is 1. The highest BCUT2D eigenvalue weighted by Crippen LogP contribution is 2.33. The summed E-state index contributed by atoms with van der Waals surface area (Å²) in [6.45, 7) is 2.19. The number of hydrogen-bond acceptors (Lipinski definition) is 8. The molecule has 226 valence electrons. The van der Waals surface area contributed by atoms with Gasteiger partial charge in [-0.25, -0.2) is 9.78 Å². The molecular formula is C31H35N5O4S3. The second-order valence-corrected chi connectivity index (χ2v) is 11.4. The standard InChI is InChI=1S/C31H31N5O4S.2H2S/c1-18-15-21(40-20-8-4-3-5-9-20)11-12-23(18)36-24-13-14-33-30-27(24)28(35-31(36)39)29(41-30)25(37)16-19-7-6-10-22(19)34-26(38)17-32-2;;/h3-5,8-9,11-15,19,22,32,37H,6-7,10,16-17H2,1-2H3,(H,34,38);2*1H2/t19-,22+;;/m1../s1. The number of aliphatic hydroxyl groups excluding tert-OH is 1. The molecule has 0 radical (unpaired) electrons. The largest absolute Gasteiger partial charge is 0.511 e. The maximum absolute atomic E-state index is 13.5. The molecule has 1 amide bonds. The third-order valence-electron chi connectivity index (χ3n) is 7.63. The van der Waals surface area contributed by atoms with Gasteiger partial charge in [0.15, 0.2) is 0 Å². The van der Waals surface area contributed by atoms with Crippen LogP contribution in [0.1, 0.15) is 31.2 Å². The third-order valence-corrected chi connectivity index (χ3v) is 8.77. The Kier molecular flexibility index (Phi) is 10.4. The Morgan fingerprint density at radius 3 is 2.65 bits per heavy atom. The topological polar surface area (TPSA) is 118 Å². The van der Waals surface area contributed by atoms with Crippen LogP contribution in [0.2, 0.25) is 0 Å². The molecule has 1 saturated carbocycles. The van der Waals surface area contributed by atoms with Crippen molar-refractivity contribution in [3.05, 3.63) is 81.4 Å². The lowest BCUT2D eigenvalue weighted by molar-refractivity contribution is -0.121. The van der Waals surface area contributed by atoms with Gasteiger partial charge < -0.3 is 20.5 Å². The fourth-order valence-electron chi connectivity index (χ4n) is 5.76. The molecule has 1 aliphatic carbocycles. The molecule has 3 heterocycles. The lowest BCUT2D eigenvalue weighted by Gasteiger charge is -2.20. The van der Waals surface area contributed by atoms with Crippen LogP contribution in [0, 0.1) is 12.8 Å². The number of aryl methyl sites for hydroxylation is 1. The molecule has 43 heavy (non-hydrogen) atoms. The molecular weight excluding hydrogens is 603 g/mol. The van der Waals surface area contributed by atoms with Gasteiger partial charge in [-0.05, 0) is 74.7 Å². The molecule has 0 spiro atoms. The zero-order chi connectivity index (χ0) is 28.5. The van der Waals surface area contributed by atoms with Crippen LogP contribution in [0.3, 0.4) is 0 Å². The molecule has 0 aliphatic heterocycles. The van der Waals surface area contributed by atoms with E-state index in [1.165, 1.54) is 11.3 Å². The van der Waals surface area contributed by atoms with E-state index in [1.54, 1.807) is 17.8 Å². The van der Waals surface area contributed by atoms with E-state index in [0.29, 0.717) is 38.3 Å². The Morgan fingerprint density at radius 2 is 1.91 bits per heavy atom. The Bertz CT molecular complexity index is 1860. The Balaban J connectivity index is 0.00000212.